The summed E-state index contributed by atoms with van der Waals surface area (Å²) in [5.74, 6) is 0.844. The average Bonchev–Trinajstić information content (AvgIpc) is 2.88. The maximum atomic E-state index is 6.01. The highest BCUT2D eigenvalue weighted by Crippen LogP contribution is 2.29. The molecule has 1 aromatic heterocycles. The van der Waals surface area contributed by atoms with E-state index in [9.17, 15) is 0 Å². The van der Waals surface area contributed by atoms with E-state index in [1.165, 1.54) is 0 Å². The van der Waals surface area contributed by atoms with Gasteiger partial charge in [-0.1, -0.05) is 37.3 Å². The van der Waals surface area contributed by atoms with Gasteiger partial charge in [0.05, 0.1) is 22.4 Å². The van der Waals surface area contributed by atoms with Crippen LogP contribution in [0.4, 0.5) is 11.4 Å². The molecule has 0 fully saturated rings. The molecule has 100 valence electrons. The molecule has 0 radical (unpaired) electrons. The van der Waals surface area contributed by atoms with Crippen LogP contribution in [0.2, 0.25) is 0 Å². The fraction of sp³-hybridized carbons (Fsp3) is 0.125. The van der Waals surface area contributed by atoms with Gasteiger partial charge in [0, 0.05) is 11.8 Å². The van der Waals surface area contributed by atoms with Crippen molar-refractivity contribution in [1.29, 1.82) is 0 Å². The van der Waals surface area contributed by atoms with Gasteiger partial charge in [-0.3, -0.25) is 4.99 Å². The molecule has 0 unspecified atom stereocenters. The number of nitrogens with zero attached hydrogens (tertiary/aromatic N) is 2. The van der Waals surface area contributed by atoms with E-state index in [-0.39, 0.29) is 0 Å². The van der Waals surface area contributed by atoms with Crippen molar-refractivity contribution in [2.24, 2.45) is 4.99 Å². The minimum atomic E-state index is 0.647. The SMILES string of the molecule is CC/C=N/c1cc2[nH]c(-c3ccccc3)nc2cc1N. The molecule has 0 aliphatic heterocycles. The topological polar surface area (TPSA) is 67.1 Å². The zero-order chi connectivity index (χ0) is 13.9. The molecule has 0 bridgehead atoms. The van der Waals surface area contributed by atoms with Gasteiger partial charge < -0.3 is 10.7 Å². The number of nitrogens with two attached hydrogens (primary N) is 1. The lowest BCUT2D eigenvalue weighted by Gasteiger charge is -1.99. The summed E-state index contributed by atoms with van der Waals surface area (Å²) < 4.78 is 0. The van der Waals surface area contributed by atoms with Crippen LogP contribution in [-0.2, 0) is 0 Å². The summed E-state index contributed by atoms with van der Waals surface area (Å²) >= 11 is 0. The monoisotopic (exact) mass is 264 g/mol. The molecular formula is C16H16N4. The second-order valence-electron chi connectivity index (χ2n) is 4.60. The number of anilines is 1. The van der Waals surface area contributed by atoms with Crippen molar-refractivity contribution < 1.29 is 0 Å². The number of hydrogen-bond acceptors (Lipinski definition) is 3. The van der Waals surface area contributed by atoms with E-state index >= 15 is 0 Å². The van der Waals surface area contributed by atoms with Crippen LogP contribution >= 0.6 is 0 Å². The van der Waals surface area contributed by atoms with Crippen LogP contribution in [0.25, 0.3) is 22.4 Å². The van der Waals surface area contributed by atoms with Gasteiger partial charge in [-0.05, 0) is 18.6 Å². The second kappa shape index (κ2) is 5.17. The summed E-state index contributed by atoms with van der Waals surface area (Å²) in [7, 11) is 0. The molecule has 4 heteroatoms. The van der Waals surface area contributed by atoms with Crippen LogP contribution in [0.3, 0.4) is 0 Å². The number of H-pyrrole nitrogens is 1. The summed E-state index contributed by atoms with van der Waals surface area (Å²) in [5.41, 5.74) is 10.3. The Morgan fingerprint density at radius 1 is 1.25 bits per heavy atom. The lowest BCUT2D eigenvalue weighted by molar-refractivity contribution is 1.31. The molecule has 0 aliphatic carbocycles. The van der Waals surface area contributed by atoms with Crippen LogP contribution in [0.5, 0.6) is 0 Å². The van der Waals surface area contributed by atoms with Gasteiger partial charge in [0.15, 0.2) is 0 Å². The summed E-state index contributed by atoms with van der Waals surface area (Å²) in [6, 6.07) is 13.8. The summed E-state index contributed by atoms with van der Waals surface area (Å²) in [4.78, 5) is 12.3. The van der Waals surface area contributed by atoms with E-state index < -0.39 is 0 Å². The van der Waals surface area contributed by atoms with E-state index in [2.05, 4.69) is 15.0 Å². The van der Waals surface area contributed by atoms with Gasteiger partial charge in [0.25, 0.3) is 0 Å². The Labute approximate surface area is 117 Å². The third-order valence-corrected chi connectivity index (χ3v) is 3.09. The number of imidazole rings is 1. The third kappa shape index (κ3) is 2.28. The lowest BCUT2D eigenvalue weighted by atomic mass is 10.2. The number of fused-ring (bicyclic) bond motifs is 1. The molecule has 0 atom stereocenters. The van der Waals surface area contributed by atoms with Crippen molar-refractivity contribution in [3.63, 3.8) is 0 Å². The van der Waals surface area contributed by atoms with Gasteiger partial charge in [-0.25, -0.2) is 4.98 Å². The van der Waals surface area contributed by atoms with E-state index in [4.69, 9.17) is 5.73 Å². The molecule has 4 nitrogen and oxygen atoms in total. The maximum absolute atomic E-state index is 6.01. The number of hydrogen-bond donors (Lipinski definition) is 2. The Morgan fingerprint density at radius 3 is 2.80 bits per heavy atom. The van der Waals surface area contributed by atoms with Crippen LogP contribution in [-0.4, -0.2) is 16.2 Å². The number of rotatable bonds is 3. The van der Waals surface area contributed by atoms with E-state index in [0.717, 1.165) is 34.5 Å². The van der Waals surface area contributed by atoms with Gasteiger partial charge in [-0.15, -0.1) is 0 Å². The molecule has 0 saturated heterocycles. The predicted molar refractivity (Wildman–Crippen MR) is 84.4 cm³/mol. The van der Waals surface area contributed by atoms with Crippen LogP contribution in [0.1, 0.15) is 13.3 Å². The Morgan fingerprint density at radius 2 is 2.05 bits per heavy atom. The molecule has 3 rings (SSSR count). The first-order chi connectivity index (χ1) is 9.78. The first-order valence-electron chi connectivity index (χ1n) is 6.65. The molecule has 2 aromatic carbocycles. The minimum Gasteiger partial charge on any atom is -0.397 e. The van der Waals surface area contributed by atoms with Crippen molar-refractivity contribution in [3.05, 3.63) is 42.5 Å². The van der Waals surface area contributed by atoms with Crippen molar-refractivity contribution >= 4 is 28.6 Å². The molecule has 20 heavy (non-hydrogen) atoms. The van der Waals surface area contributed by atoms with E-state index in [1.807, 2.05) is 55.6 Å². The van der Waals surface area contributed by atoms with Crippen LogP contribution in [0, 0.1) is 0 Å². The first-order valence-corrected chi connectivity index (χ1v) is 6.65. The van der Waals surface area contributed by atoms with Crippen molar-refractivity contribution in [2.75, 3.05) is 5.73 Å². The zero-order valence-electron chi connectivity index (χ0n) is 11.3. The van der Waals surface area contributed by atoms with Gasteiger partial charge >= 0.3 is 0 Å². The van der Waals surface area contributed by atoms with Gasteiger partial charge in [-0.2, -0.15) is 0 Å². The van der Waals surface area contributed by atoms with Crippen LogP contribution in [0.15, 0.2) is 47.5 Å². The normalized spacial score (nSPS) is 11.4. The first kappa shape index (κ1) is 12.4. The number of aliphatic imine (C=N–C) groups is 1. The van der Waals surface area contributed by atoms with Crippen LogP contribution < -0.4 is 5.73 Å². The molecular weight excluding hydrogens is 248 g/mol. The minimum absolute atomic E-state index is 0.647. The van der Waals surface area contributed by atoms with Gasteiger partial charge in [0.2, 0.25) is 0 Å². The number of aromatic nitrogens is 2. The molecule has 1 heterocycles. The van der Waals surface area contributed by atoms with Crippen molar-refractivity contribution in [3.8, 4) is 11.4 Å². The third-order valence-electron chi connectivity index (χ3n) is 3.09. The molecule has 0 spiro atoms. The summed E-state index contributed by atoms with van der Waals surface area (Å²) in [5, 5.41) is 0. The van der Waals surface area contributed by atoms with Gasteiger partial charge in [0.1, 0.15) is 5.82 Å². The number of aromatic amines is 1. The Bertz CT molecular complexity index is 757. The maximum Gasteiger partial charge on any atom is 0.138 e. The smallest absolute Gasteiger partial charge is 0.138 e. The van der Waals surface area contributed by atoms with Crippen molar-refractivity contribution in [2.45, 2.75) is 13.3 Å². The lowest BCUT2D eigenvalue weighted by Crippen LogP contribution is -1.86. The fourth-order valence-corrected chi connectivity index (χ4v) is 2.10. The second-order valence-corrected chi connectivity index (χ2v) is 4.60. The fourth-order valence-electron chi connectivity index (χ4n) is 2.10. The summed E-state index contributed by atoms with van der Waals surface area (Å²) in [6.45, 7) is 2.04. The number of nitrogens with one attached hydrogen (secondary N) is 1. The summed E-state index contributed by atoms with van der Waals surface area (Å²) in [6.07, 6.45) is 2.74. The zero-order valence-corrected chi connectivity index (χ0v) is 11.3. The molecule has 3 aromatic rings. The van der Waals surface area contributed by atoms with Crippen molar-refractivity contribution in [1.82, 2.24) is 9.97 Å². The highest BCUT2D eigenvalue weighted by molar-refractivity contribution is 5.88. The predicted octanol–water partition coefficient (Wildman–Crippen LogP) is 3.92. The molecule has 0 amide bonds. The quantitative estimate of drug-likeness (QED) is 0.556. The average molecular weight is 264 g/mol. The van der Waals surface area contributed by atoms with E-state index in [1.54, 1.807) is 0 Å². The highest BCUT2D eigenvalue weighted by Gasteiger charge is 2.07. The molecule has 0 aliphatic rings. The number of benzene rings is 2. The molecule has 0 saturated carbocycles. The Hall–Kier alpha value is -2.62. The number of nitrogen functional groups attached to an aromatic ring is 1. The Kier molecular flexibility index (Phi) is 3.21. The standard InChI is InChI=1S/C16H16N4/c1-2-8-18-13-10-15-14(9-12(13)17)19-16(20-15)11-6-4-3-5-7-11/h3-10H,2,17H2,1H3,(H,19,20)/b18-8+. The highest BCUT2D eigenvalue weighted by atomic mass is 14.9. The largest absolute Gasteiger partial charge is 0.397 e. The Balaban J connectivity index is 2.10. The molecule has 3 N–H and O–H groups in total. The van der Waals surface area contributed by atoms with E-state index in [0.29, 0.717) is 5.69 Å².